The van der Waals surface area contributed by atoms with Crippen LogP contribution in [0.25, 0.3) is 22.0 Å². The van der Waals surface area contributed by atoms with E-state index in [-0.39, 0.29) is 22.9 Å². The van der Waals surface area contributed by atoms with Crippen molar-refractivity contribution in [3.8, 4) is 11.1 Å². The van der Waals surface area contributed by atoms with Crippen molar-refractivity contribution in [3.63, 3.8) is 0 Å². The number of ether oxygens (including phenoxy) is 1. The molecule has 1 aliphatic carbocycles. The second-order valence-corrected chi connectivity index (χ2v) is 16.8. The van der Waals surface area contributed by atoms with Crippen LogP contribution in [0, 0.1) is 18.3 Å². The molecule has 48 heavy (non-hydrogen) atoms. The molecule has 3 atom stereocenters. The zero-order valence-corrected chi connectivity index (χ0v) is 30.7. The van der Waals surface area contributed by atoms with E-state index < -0.39 is 0 Å². The highest BCUT2D eigenvalue weighted by molar-refractivity contribution is 7.99. The number of fused-ring (bicyclic) bond motifs is 2. The van der Waals surface area contributed by atoms with E-state index in [1.807, 2.05) is 28.9 Å². The summed E-state index contributed by atoms with van der Waals surface area (Å²) < 4.78 is 8.34. The molecule has 6 heterocycles. The number of nitrogens with zero attached hydrogens (tertiary/aromatic N) is 6. The number of thioether (sulfide) groups is 1. The number of likely N-dealkylation sites (tertiary alicyclic amines) is 1. The second-order valence-electron chi connectivity index (χ2n) is 14.9. The van der Waals surface area contributed by atoms with E-state index >= 15 is 0 Å². The van der Waals surface area contributed by atoms with Crippen molar-refractivity contribution in [2.24, 2.45) is 11.3 Å². The Morgan fingerprint density at radius 3 is 2.69 bits per heavy atom. The summed E-state index contributed by atoms with van der Waals surface area (Å²) in [4.78, 5) is 19.3. The number of halogens is 2. The molecule has 2 aromatic heterocycles. The first kappa shape index (κ1) is 34.2. The predicted octanol–water partition coefficient (Wildman–Crippen LogP) is 5.81. The van der Waals surface area contributed by atoms with Crippen LogP contribution in [0.2, 0.25) is 10.0 Å². The first-order valence-electron chi connectivity index (χ1n) is 17.1. The Balaban J connectivity index is 0.00000179. The molecule has 0 radical (unpaired) electrons. The van der Waals surface area contributed by atoms with Crippen molar-refractivity contribution in [2.45, 2.75) is 70.2 Å². The van der Waals surface area contributed by atoms with Gasteiger partial charge in [0, 0.05) is 90.5 Å². The maximum absolute atomic E-state index is 12.1. The normalized spacial score (nSPS) is 26.5. The molecule has 3 aromatic rings. The molecule has 260 valence electrons. The smallest absolute Gasteiger partial charge is 0.245 e. The molecule has 2 N–H and O–H groups in total. The minimum Gasteiger partial charge on any atom is -0.400 e. The largest absolute Gasteiger partial charge is 0.400 e. The number of aliphatic hydroxyl groups excluding tert-OH is 1. The number of benzene rings is 1. The molecule has 1 saturated carbocycles. The lowest BCUT2D eigenvalue weighted by Crippen LogP contribution is -2.63. The fraction of sp³-hybridized carbons (Fsp3) is 0.629. The van der Waals surface area contributed by atoms with Gasteiger partial charge in [0.1, 0.15) is 0 Å². The van der Waals surface area contributed by atoms with Gasteiger partial charge in [-0.25, -0.2) is 0 Å². The molecule has 1 amide bonds. The number of hydrogen-bond acceptors (Lipinski definition) is 8. The lowest BCUT2D eigenvalue weighted by atomic mass is 9.60. The van der Waals surface area contributed by atoms with Crippen LogP contribution in [0.5, 0.6) is 0 Å². The lowest BCUT2D eigenvalue weighted by Gasteiger charge is -2.58. The summed E-state index contributed by atoms with van der Waals surface area (Å²) in [5.41, 5.74) is 3.96. The van der Waals surface area contributed by atoms with Gasteiger partial charge in [-0.3, -0.25) is 19.5 Å². The van der Waals surface area contributed by atoms with Gasteiger partial charge < -0.3 is 19.6 Å². The zero-order chi connectivity index (χ0) is 34.0. The summed E-state index contributed by atoms with van der Waals surface area (Å²) in [6.07, 6.45) is 7.86. The standard InChI is InChI=1S/C34H43Cl2N7O2S.CH4O/c1-5-28(44)41-18-34(19-41)12-22(13-34)43-20(2)29(30-23-14-37-38-25(23)10-24(35)31(30)36)32(39-43)42-7-6-21(11-33(42,3)4)15-40-8-9-45-27-17-46-16-26(27)40;1-2/h5,10,14,21-22,26-27H,1,6-9,11-13,15-19H2,2-4H3,(H,37,38);2H,1H3/t21-,26?,27?;/m1./s1. The molecule has 2 unspecified atom stereocenters. The zero-order valence-electron chi connectivity index (χ0n) is 28.3. The van der Waals surface area contributed by atoms with Crippen molar-refractivity contribution < 1.29 is 14.6 Å². The number of aromatic amines is 1. The van der Waals surface area contributed by atoms with Crippen LogP contribution in [0.4, 0.5) is 5.82 Å². The van der Waals surface area contributed by atoms with E-state index in [0.29, 0.717) is 28.1 Å². The quantitative estimate of drug-likeness (QED) is 0.309. The Morgan fingerprint density at radius 1 is 1.19 bits per heavy atom. The van der Waals surface area contributed by atoms with Crippen LogP contribution in [-0.2, 0) is 9.53 Å². The van der Waals surface area contributed by atoms with Crippen LogP contribution in [0.1, 0.15) is 51.3 Å². The number of aliphatic hydroxyl groups is 1. The van der Waals surface area contributed by atoms with Gasteiger partial charge in [0.25, 0.3) is 0 Å². The third-order valence-corrected chi connectivity index (χ3v) is 13.4. The topological polar surface area (TPSA) is 103 Å². The third-order valence-electron chi connectivity index (χ3n) is 11.4. The van der Waals surface area contributed by atoms with Crippen LogP contribution >= 0.6 is 35.0 Å². The Labute approximate surface area is 297 Å². The summed E-state index contributed by atoms with van der Waals surface area (Å²) in [5.74, 6) is 3.92. The van der Waals surface area contributed by atoms with Gasteiger partial charge in [-0.2, -0.15) is 22.0 Å². The van der Waals surface area contributed by atoms with E-state index in [1.54, 1.807) is 0 Å². The number of anilines is 1. The predicted molar refractivity (Wildman–Crippen MR) is 194 cm³/mol. The van der Waals surface area contributed by atoms with E-state index in [4.69, 9.17) is 38.1 Å². The number of nitrogens with one attached hydrogen (secondary N) is 1. The van der Waals surface area contributed by atoms with Crippen LogP contribution in [0.15, 0.2) is 24.9 Å². The van der Waals surface area contributed by atoms with Crippen molar-refractivity contribution in [1.82, 2.24) is 29.8 Å². The Morgan fingerprint density at radius 2 is 1.96 bits per heavy atom. The van der Waals surface area contributed by atoms with Crippen LogP contribution in [0.3, 0.4) is 0 Å². The van der Waals surface area contributed by atoms with Gasteiger partial charge in [0.2, 0.25) is 5.91 Å². The number of H-pyrrole nitrogens is 1. The average molecular weight is 717 g/mol. The summed E-state index contributed by atoms with van der Waals surface area (Å²) in [6.45, 7) is 16.1. The minimum atomic E-state index is -0.111. The monoisotopic (exact) mass is 715 g/mol. The summed E-state index contributed by atoms with van der Waals surface area (Å²) >= 11 is 15.9. The average Bonchev–Trinajstić information content (AvgIpc) is 3.77. The number of aromatic nitrogens is 4. The van der Waals surface area contributed by atoms with E-state index in [1.165, 1.54) is 11.8 Å². The van der Waals surface area contributed by atoms with E-state index in [2.05, 4.69) is 52.0 Å². The van der Waals surface area contributed by atoms with E-state index in [9.17, 15) is 4.79 Å². The molecule has 10 nitrogen and oxygen atoms in total. The molecule has 1 spiro atoms. The number of morpholine rings is 1. The van der Waals surface area contributed by atoms with Crippen LogP contribution in [-0.4, -0.2) is 116 Å². The highest BCUT2D eigenvalue weighted by atomic mass is 35.5. The molecule has 4 aliphatic heterocycles. The first-order valence-corrected chi connectivity index (χ1v) is 19.0. The molecular weight excluding hydrogens is 669 g/mol. The Hall–Kier alpha value is -2.28. The minimum absolute atomic E-state index is 0.0230. The summed E-state index contributed by atoms with van der Waals surface area (Å²) in [5, 5.41) is 21.9. The summed E-state index contributed by atoms with van der Waals surface area (Å²) in [7, 11) is 1.00. The molecule has 5 aliphatic rings. The number of amides is 1. The SMILES string of the molecule is C=CC(=O)N1CC2(CC(n3nc(N4CC[C@@H](CN5CCOC6CSCC65)CC4(C)C)c(-c4c(Cl)c(Cl)cc5[nH]ncc45)c3C)C2)C1.CO. The molecule has 4 saturated heterocycles. The van der Waals surface area contributed by atoms with Gasteiger partial charge in [-0.1, -0.05) is 29.8 Å². The van der Waals surface area contributed by atoms with E-state index in [0.717, 1.165) is 111 Å². The highest BCUT2D eigenvalue weighted by Gasteiger charge is 2.55. The van der Waals surface area contributed by atoms with Gasteiger partial charge in [0.05, 0.1) is 40.5 Å². The van der Waals surface area contributed by atoms with Crippen molar-refractivity contribution in [2.75, 3.05) is 62.8 Å². The number of rotatable bonds is 6. The second kappa shape index (κ2) is 13.1. The molecular formula is C35H47Cl2N7O3S. The number of hydrogen-bond donors (Lipinski definition) is 2. The highest BCUT2D eigenvalue weighted by Crippen LogP contribution is 2.56. The number of piperidine rings is 1. The third kappa shape index (κ3) is 5.76. The molecule has 0 bridgehead atoms. The van der Waals surface area contributed by atoms with Gasteiger partial charge in [-0.15, -0.1) is 0 Å². The lowest BCUT2D eigenvalue weighted by molar-refractivity contribution is -0.149. The van der Waals surface area contributed by atoms with Gasteiger partial charge in [0.15, 0.2) is 5.82 Å². The maximum Gasteiger partial charge on any atom is 0.245 e. The fourth-order valence-electron chi connectivity index (χ4n) is 9.19. The maximum atomic E-state index is 12.1. The Kier molecular flexibility index (Phi) is 9.34. The van der Waals surface area contributed by atoms with Crippen molar-refractivity contribution in [3.05, 3.63) is 40.7 Å². The van der Waals surface area contributed by atoms with Crippen LogP contribution < -0.4 is 4.90 Å². The Bertz CT molecular complexity index is 1690. The van der Waals surface area contributed by atoms with Crippen molar-refractivity contribution in [1.29, 1.82) is 0 Å². The molecule has 5 fully saturated rings. The van der Waals surface area contributed by atoms with Crippen molar-refractivity contribution >= 4 is 57.6 Å². The fourth-order valence-corrected chi connectivity index (χ4v) is 11.0. The first-order chi connectivity index (χ1) is 23.1. The van der Waals surface area contributed by atoms with Gasteiger partial charge in [-0.05, 0) is 64.5 Å². The molecule has 8 rings (SSSR count). The molecule has 13 heteroatoms. The van der Waals surface area contributed by atoms with Gasteiger partial charge >= 0.3 is 0 Å². The number of carbonyl (C=O) groups excluding carboxylic acids is 1. The summed E-state index contributed by atoms with van der Waals surface area (Å²) in [6, 6.07) is 2.67. The number of carbonyl (C=O) groups is 1. The molecule has 1 aromatic carbocycles.